The van der Waals surface area contributed by atoms with Gasteiger partial charge in [-0.2, -0.15) is 5.10 Å². The molecule has 1 atom stereocenters. The van der Waals surface area contributed by atoms with Gasteiger partial charge in [0.25, 0.3) is 0 Å². The number of hydrogen-bond donors (Lipinski definition) is 1. The second-order valence-corrected chi connectivity index (χ2v) is 3.81. The van der Waals surface area contributed by atoms with E-state index < -0.39 is 0 Å². The molecular formula is C11H12N2O2. The van der Waals surface area contributed by atoms with E-state index in [9.17, 15) is 0 Å². The summed E-state index contributed by atoms with van der Waals surface area (Å²) in [6.07, 6.45) is 2.08. The number of nitrogens with one attached hydrogen (secondary N) is 1. The zero-order chi connectivity index (χ0) is 10.3. The lowest BCUT2D eigenvalue weighted by molar-refractivity contribution is 0.265. The highest BCUT2D eigenvalue weighted by Gasteiger charge is 2.23. The summed E-state index contributed by atoms with van der Waals surface area (Å²) in [5.74, 6) is 0.875. The lowest BCUT2D eigenvalue weighted by Crippen LogP contribution is -2.04. The van der Waals surface area contributed by atoms with Crippen molar-refractivity contribution in [3.63, 3.8) is 0 Å². The molecule has 0 saturated carbocycles. The molecule has 1 fully saturated rings. The van der Waals surface area contributed by atoms with Gasteiger partial charge in [0.05, 0.1) is 23.7 Å². The van der Waals surface area contributed by atoms with Crippen molar-refractivity contribution >= 4 is 10.9 Å². The molecule has 4 nitrogen and oxygen atoms in total. The van der Waals surface area contributed by atoms with E-state index in [0.29, 0.717) is 6.61 Å². The largest absolute Gasteiger partial charge is 0.490 e. The summed E-state index contributed by atoms with van der Waals surface area (Å²) in [6.45, 7) is 3.50. The maximum absolute atomic E-state index is 5.67. The molecule has 1 aromatic carbocycles. The second kappa shape index (κ2) is 3.24. The van der Waals surface area contributed by atoms with Crippen LogP contribution in [0.2, 0.25) is 0 Å². The van der Waals surface area contributed by atoms with Crippen molar-refractivity contribution in [1.82, 2.24) is 10.2 Å². The molecular weight excluding hydrogens is 192 g/mol. The minimum atomic E-state index is 0.285. The highest BCUT2D eigenvalue weighted by atomic mass is 16.6. The van der Waals surface area contributed by atoms with Gasteiger partial charge in [-0.3, -0.25) is 5.10 Å². The van der Waals surface area contributed by atoms with Gasteiger partial charge in [-0.1, -0.05) is 6.07 Å². The van der Waals surface area contributed by atoms with Gasteiger partial charge in [0.15, 0.2) is 0 Å². The number of H-pyrrole nitrogens is 1. The number of ether oxygens (including phenoxy) is 2. The highest BCUT2D eigenvalue weighted by Crippen LogP contribution is 2.27. The molecule has 1 aliphatic rings. The fourth-order valence-corrected chi connectivity index (χ4v) is 1.62. The average Bonchev–Trinajstić information content (AvgIpc) is 2.92. The van der Waals surface area contributed by atoms with E-state index in [2.05, 4.69) is 10.2 Å². The number of fused-ring (bicyclic) bond motifs is 1. The Bertz CT molecular complexity index is 488. The number of aromatic amines is 1. The van der Waals surface area contributed by atoms with Crippen molar-refractivity contribution < 1.29 is 9.47 Å². The zero-order valence-corrected chi connectivity index (χ0v) is 8.49. The van der Waals surface area contributed by atoms with Crippen molar-refractivity contribution in [3.8, 4) is 5.75 Å². The number of hydrogen-bond acceptors (Lipinski definition) is 3. The molecule has 0 amide bonds. The van der Waals surface area contributed by atoms with Crippen LogP contribution in [0.1, 0.15) is 5.56 Å². The maximum Gasteiger partial charge on any atom is 0.130 e. The van der Waals surface area contributed by atoms with E-state index in [1.54, 1.807) is 6.20 Å². The van der Waals surface area contributed by atoms with Crippen LogP contribution in [0, 0.1) is 6.92 Å². The minimum Gasteiger partial charge on any atom is -0.490 e. The third-order valence-corrected chi connectivity index (χ3v) is 2.61. The van der Waals surface area contributed by atoms with Crippen LogP contribution in [-0.4, -0.2) is 29.5 Å². The molecule has 1 aliphatic heterocycles. The van der Waals surface area contributed by atoms with Crippen LogP contribution in [0.15, 0.2) is 18.3 Å². The Labute approximate surface area is 87.2 Å². The van der Waals surface area contributed by atoms with Crippen LogP contribution in [0.5, 0.6) is 5.75 Å². The Hall–Kier alpha value is -1.55. The number of aryl methyl sites for hydroxylation is 1. The topological polar surface area (TPSA) is 50.4 Å². The first-order valence-corrected chi connectivity index (χ1v) is 5.01. The fraction of sp³-hybridized carbons (Fsp3) is 0.364. The van der Waals surface area contributed by atoms with Gasteiger partial charge in [0, 0.05) is 0 Å². The number of rotatable bonds is 3. The van der Waals surface area contributed by atoms with Gasteiger partial charge in [-0.15, -0.1) is 0 Å². The first-order valence-electron chi connectivity index (χ1n) is 5.01. The molecule has 15 heavy (non-hydrogen) atoms. The summed E-state index contributed by atoms with van der Waals surface area (Å²) in [5, 5.41) is 8.04. The summed E-state index contributed by atoms with van der Waals surface area (Å²) >= 11 is 0. The second-order valence-electron chi connectivity index (χ2n) is 3.81. The number of aromatic nitrogens is 2. The molecule has 0 radical (unpaired) electrons. The standard InChI is InChI=1S/C11H12N2O2/c1-7-2-3-10(15-6-8-5-14-8)9-4-12-13-11(7)9/h2-4,8H,5-6H2,1H3,(H,12,13). The molecule has 1 unspecified atom stereocenters. The van der Waals surface area contributed by atoms with Crippen molar-refractivity contribution in [2.75, 3.05) is 13.2 Å². The van der Waals surface area contributed by atoms with Crippen LogP contribution in [0.25, 0.3) is 10.9 Å². The molecule has 1 aromatic heterocycles. The Morgan fingerprint density at radius 2 is 2.47 bits per heavy atom. The van der Waals surface area contributed by atoms with E-state index in [1.807, 2.05) is 19.1 Å². The molecule has 78 valence electrons. The lowest BCUT2D eigenvalue weighted by atomic mass is 10.1. The number of epoxide rings is 1. The van der Waals surface area contributed by atoms with Crippen LogP contribution in [-0.2, 0) is 4.74 Å². The average molecular weight is 204 g/mol. The Morgan fingerprint density at radius 1 is 1.60 bits per heavy atom. The molecule has 3 rings (SSSR count). The molecule has 0 spiro atoms. The normalized spacial score (nSPS) is 19.4. The van der Waals surface area contributed by atoms with Crippen LogP contribution in [0.3, 0.4) is 0 Å². The van der Waals surface area contributed by atoms with Gasteiger partial charge in [0.2, 0.25) is 0 Å². The molecule has 2 heterocycles. The predicted molar refractivity (Wildman–Crippen MR) is 56.1 cm³/mol. The Kier molecular flexibility index (Phi) is 1.89. The van der Waals surface area contributed by atoms with Gasteiger partial charge in [0.1, 0.15) is 18.5 Å². The summed E-state index contributed by atoms with van der Waals surface area (Å²) in [6, 6.07) is 4.01. The molecule has 0 aliphatic carbocycles. The molecule has 0 bridgehead atoms. The lowest BCUT2D eigenvalue weighted by Gasteiger charge is -2.06. The van der Waals surface area contributed by atoms with Gasteiger partial charge in [-0.05, 0) is 18.6 Å². The quantitative estimate of drug-likeness (QED) is 0.773. The van der Waals surface area contributed by atoms with Crippen LogP contribution < -0.4 is 4.74 Å². The van der Waals surface area contributed by atoms with E-state index in [1.165, 1.54) is 5.56 Å². The molecule has 2 aromatic rings. The van der Waals surface area contributed by atoms with Gasteiger partial charge >= 0.3 is 0 Å². The van der Waals surface area contributed by atoms with Gasteiger partial charge < -0.3 is 9.47 Å². The predicted octanol–water partition coefficient (Wildman–Crippen LogP) is 1.65. The third kappa shape index (κ3) is 1.57. The number of nitrogens with zero attached hydrogens (tertiary/aromatic N) is 1. The van der Waals surface area contributed by atoms with E-state index in [4.69, 9.17) is 9.47 Å². The summed E-state index contributed by atoms with van der Waals surface area (Å²) in [7, 11) is 0. The van der Waals surface area contributed by atoms with E-state index in [-0.39, 0.29) is 6.10 Å². The SMILES string of the molecule is Cc1ccc(OCC2CO2)c2cn[nH]c12. The molecule has 1 saturated heterocycles. The molecule has 4 heteroatoms. The van der Waals surface area contributed by atoms with Gasteiger partial charge in [-0.25, -0.2) is 0 Å². The minimum absolute atomic E-state index is 0.285. The van der Waals surface area contributed by atoms with Crippen LogP contribution in [0.4, 0.5) is 0 Å². The summed E-state index contributed by atoms with van der Waals surface area (Å²) in [4.78, 5) is 0. The highest BCUT2D eigenvalue weighted by molar-refractivity contribution is 5.87. The number of benzene rings is 1. The smallest absolute Gasteiger partial charge is 0.130 e. The van der Waals surface area contributed by atoms with Crippen LogP contribution >= 0.6 is 0 Å². The van der Waals surface area contributed by atoms with E-state index in [0.717, 1.165) is 23.3 Å². The first-order chi connectivity index (χ1) is 7.34. The molecule has 1 N–H and O–H groups in total. The Balaban J connectivity index is 1.94. The maximum atomic E-state index is 5.67. The summed E-state index contributed by atoms with van der Waals surface area (Å²) < 4.78 is 10.8. The van der Waals surface area contributed by atoms with Crippen molar-refractivity contribution in [2.45, 2.75) is 13.0 Å². The van der Waals surface area contributed by atoms with E-state index >= 15 is 0 Å². The Morgan fingerprint density at radius 3 is 3.27 bits per heavy atom. The third-order valence-electron chi connectivity index (χ3n) is 2.61. The monoisotopic (exact) mass is 204 g/mol. The first kappa shape index (κ1) is 8.73. The van der Waals surface area contributed by atoms with Crippen molar-refractivity contribution in [2.24, 2.45) is 0 Å². The fourth-order valence-electron chi connectivity index (χ4n) is 1.62. The van der Waals surface area contributed by atoms with Crippen molar-refractivity contribution in [1.29, 1.82) is 0 Å². The summed E-state index contributed by atoms with van der Waals surface area (Å²) in [5.41, 5.74) is 2.22. The zero-order valence-electron chi connectivity index (χ0n) is 8.49. The van der Waals surface area contributed by atoms with Crippen molar-refractivity contribution in [3.05, 3.63) is 23.9 Å².